The first-order valence-electron chi connectivity index (χ1n) is 3.48. The van der Waals surface area contributed by atoms with Crippen molar-refractivity contribution in [1.29, 1.82) is 0 Å². The molecule has 0 atom stereocenters. The first-order valence-corrected chi connectivity index (χ1v) is 3.48. The Labute approximate surface area is 77.3 Å². The fourth-order valence-corrected chi connectivity index (χ4v) is 1.03. The Morgan fingerprint density at radius 1 is 1.21 bits per heavy atom. The summed E-state index contributed by atoms with van der Waals surface area (Å²) < 4.78 is 12.7. The van der Waals surface area contributed by atoms with Gasteiger partial charge in [-0.15, -0.1) is 0 Å². The predicted molar refractivity (Wildman–Crippen MR) is 43.8 cm³/mol. The fraction of sp³-hybridized carbons (Fsp3) is 0. The van der Waals surface area contributed by atoms with E-state index in [1.807, 2.05) is 0 Å². The van der Waals surface area contributed by atoms with Crippen molar-refractivity contribution in [2.75, 3.05) is 0 Å². The van der Waals surface area contributed by atoms with Gasteiger partial charge in [0.1, 0.15) is 5.82 Å². The SMILES string of the molecule is O=Cc1cc(F)cc(C=O)c1[N+](=O)[O-]. The molecule has 0 spiro atoms. The van der Waals surface area contributed by atoms with Crippen molar-refractivity contribution in [2.24, 2.45) is 0 Å². The molecule has 0 N–H and O–H groups in total. The van der Waals surface area contributed by atoms with Crippen LogP contribution in [0.1, 0.15) is 20.7 Å². The first kappa shape index (κ1) is 9.97. The minimum Gasteiger partial charge on any atom is -0.298 e. The molecule has 0 aliphatic heterocycles. The van der Waals surface area contributed by atoms with Gasteiger partial charge in [-0.05, 0) is 12.1 Å². The average molecular weight is 197 g/mol. The number of hydrogen-bond donors (Lipinski definition) is 0. The highest BCUT2D eigenvalue weighted by Gasteiger charge is 2.20. The molecule has 0 aromatic heterocycles. The number of nitro groups is 1. The Hall–Kier alpha value is -2.11. The highest BCUT2D eigenvalue weighted by Crippen LogP contribution is 2.22. The Morgan fingerprint density at radius 2 is 1.64 bits per heavy atom. The van der Waals surface area contributed by atoms with Gasteiger partial charge >= 0.3 is 0 Å². The summed E-state index contributed by atoms with van der Waals surface area (Å²) in [6.07, 6.45) is 0.266. The van der Waals surface area contributed by atoms with Gasteiger partial charge in [0.15, 0.2) is 12.6 Å². The number of aldehydes is 2. The minimum absolute atomic E-state index is 0.133. The third kappa shape index (κ3) is 1.63. The molecule has 0 saturated carbocycles. The van der Waals surface area contributed by atoms with Crippen LogP contribution in [-0.2, 0) is 0 Å². The van der Waals surface area contributed by atoms with Crippen LogP contribution < -0.4 is 0 Å². The second kappa shape index (κ2) is 3.73. The van der Waals surface area contributed by atoms with E-state index < -0.39 is 27.6 Å². The third-order valence-corrected chi connectivity index (χ3v) is 1.57. The van der Waals surface area contributed by atoms with Gasteiger partial charge in [-0.2, -0.15) is 0 Å². The third-order valence-electron chi connectivity index (χ3n) is 1.57. The van der Waals surface area contributed by atoms with E-state index in [0.717, 1.165) is 0 Å². The van der Waals surface area contributed by atoms with Crippen molar-refractivity contribution in [2.45, 2.75) is 0 Å². The van der Waals surface area contributed by atoms with E-state index in [0.29, 0.717) is 12.1 Å². The number of nitrogens with zero attached hydrogens (tertiary/aromatic N) is 1. The highest BCUT2D eigenvalue weighted by molar-refractivity contribution is 5.91. The standard InChI is InChI=1S/C8H4FNO4/c9-7-1-5(3-11)8(10(13)14)6(2-7)4-12/h1-4H. The highest BCUT2D eigenvalue weighted by atomic mass is 19.1. The van der Waals surface area contributed by atoms with Gasteiger partial charge in [-0.25, -0.2) is 4.39 Å². The molecular weight excluding hydrogens is 193 g/mol. The first-order chi connectivity index (χ1) is 6.60. The number of halogens is 1. The van der Waals surface area contributed by atoms with Crippen LogP contribution in [0, 0.1) is 15.9 Å². The number of hydrogen-bond acceptors (Lipinski definition) is 4. The topological polar surface area (TPSA) is 77.3 Å². The number of rotatable bonds is 3. The van der Waals surface area contributed by atoms with E-state index in [4.69, 9.17) is 0 Å². The predicted octanol–water partition coefficient (Wildman–Crippen LogP) is 1.36. The van der Waals surface area contributed by atoms with Crippen LogP contribution in [0.3, 0.4) is 0 Å². The Balaban J connectivity index is 3.56. The van der Waals surface area contributed by atoms with Gasteiger partial charge in [0.25, 0.3) is 5.69 Å². The summed E-state index contributed by atoms with van der Waals surface area (Å²) in [4.78, 5) is 30.3. The second-order valence-corrected chi connectivity index (χ2v) is 2.43. The van der Waals surface area contributed by atoms with E-state index in [1.54, 1.807) is 0 Å². The van der Waals surface area contributed by atoms with Gasteiger partial charge in [-0.3, -0.25) is 19.7 Å². The number of carbonyl (C=O) groups is 2. The Morgan fingerprint density at radius 3 is 1.93 bits per heavy atom. The average Bonchev–Trinajstić information content (AvgIpc) is 2.15. The van der Waals surface area contributed by atoms with Crippen molar-refractivity contribution in [1.82, 2.24) is 0 Å². The van der Waals surface area contributed by atoms with E-state index in [9.17, 15) is 24.1 Å². The second-order valence-electron chi connectivity index (χ2n) is 2.43. The fourth-order valence-electron chi connectivity index (χ4n) is 1.03. The van der Waals surface area contributed by atoms with Crippen LogP contribution in [0.5, 0.6) is 0 Å². The van der Waals surface area contributed by atoms with Crippen LogP contribution >= 0.6 is 0 Å². The van der Waals surface area contributed by atoms with Crippen LogP contribution in [0.25, 0.3) is 0 Å². The largest absolute Gasteiger partial charge is 0.298 e. The quantitative estimate of drug-likeness (QED) is 0.416. The molecule has 1 rings (SSSR count). The van der Waals surface area contributed by atoms with Gasteiger partial charge in [-0.1, -0.05) is 0 Å². The van der Waals surface area contributed by atoms with E-state index in [2.05, 4.69) is 0 Å². The zero-order valence-corrected chi connectivity index (χ0v) is 6.77. The maximum absolute atomic E-state index is 12.7. The zero-order valence-electron chi connectivity index (χ0n) is 6.77. The molecule has 0 amide bonds. The lowest BCUT2D eigenvalue weighted by molar-refractivity contribution is -0.385. The smallest absolute Gasteiger partial charge is 0.290 e. The zero-order chi connectivity index (χ0) is 10.7. The summed E-state index contributed by atoms with van der Waals surface area (Å²) in [5, 5.41) is 10.4. The molecule has 0 heterocycles. The monoisotopic (exact) mass is 197 g/mol. The van der Waals surface area contributed by atoms with E-state index in [1.165, 1.54) is 0 Å². The summed E-state index contributed by atoms with van der Waals surface area (Å²) in [5.74, 6) is -0.861. The molecule has 5 nitrogen and oxygen atoms in total. The molecule has 1 aromatic rings. The molecule has 0 bridgehead atoms. The Kier molecular flexibility index (Phi) is 2.66. The molecule has 0 aliphatic carbocycles. The molecule has 1 aromatic carbocycles. The van der Waals surface area contributed by atoms with Crippen LogP contribution in [0.2, 0.25) is 0 Å². The van der Waals surface area contributed by atoms with Crippen molar-refractivity contribution >= 4 is 18.3 Å². The summed E-state index contributed by atoms with van der Waals surface area (Å²) in [6.45, 7) is 0. The van der Waals surface area contributed by atoms with Crippen molar-refractivity contribution in [3.63, 3.8) is 0 Å². The van der Waals surface area contributed by atoms with Crippen LogP contribution in [0.4, 0.5) is 10.1 Å². The molecule has 0 fully saturated rings. The molecule has 0 radical (unpaired) electrons. The van der Waals surface area contributed by atoms with E-state index in [-0.39, 0.29) is 12.6 Å². The summed E-state index contributed by atoms with van der Waals surface area (Å²) in [7, 11) is 0. The molecule has 6 heteroatoms. The number of carbonyl (C=O) groups excluding carboxylic acids is 2. The van der Waals surface area contributed by atoms with Crippen molar-refractivity contribution < 1.29 is 18.9 Å². The van der Waals surface area contributed by atoms with Crippen LogP contribution in [-0.4, -0.2) is 17.5 Å². The molecule has 14 heavy (non-hydrogen) atoms. The minimum atomic E-state index is -0.896. The van der Waals surface area contributed by atoms with Gasteiger partial charge in [0.2, 0.25) is 0 Å². The van der Waals surface area contributed by atoms with Crippen molar-refractivity contribution in [3.05, 3.63) is 39.2 Å². The summed E-state index contributed by atoms with van der Waals surface area (Å²) in [6, 6.07) is 1.41. The molecule has 0 unspecified atom stereocenters. The van der Waals surface area contributed by atoms with E-state index >= 15 is 0 Å². The lowest BCUT2D eigenvalue weighted by Crippen LogP contribution is -2.00. The molecule has 0 saturated heterocycles. The maximum atomic E-state index is 12.7. The lowest BCUT2D eigenvalue weighted by Gasteiger charge is -1.98. The number of benzene rings is 1. The van der Waals surface area contributed by atoms with Gasteiger partial charge in [0, 0.05) is 0 Å². The van der Waals surface area contributed by atoms with Crippen LogP contribution in [0.15, 0.2) is 12.1 Å². The molecule has 72 valence electrons. The molecular formula is C8H4FNO4. The molecule has 0 aliphatic rings. The van der Waals surface area contributed by atoms with Crippen molar-refractivity contribution in [3.8, 4) is 0 Å². The number of nitro benzene ring substituents is 1. The van der Waals surface area contributed by atoms with Gasteiger partial charge in [0.05, 0.1) is 16.1 Å². The lowest BCUT2D eigenvalue weighted by atomic mass is 10.1. The summed E-state index contributed by atoms with van der Waals surface area (Å²) in [5.41, 5.74) is -1.56. The maximum Gasteiger partial charge on any atom is 0.290 e. The normalized spacial score (nSPS) is 9.50. The van der Waals surface area contributed by atoms with Gasteiger partial charge < -0.3 is 0 Å². The Bertz CT molecular complexity index is 387. The summed E-state index contributed by atoms with van der Waals surface area (Å²) >= 11 is 0.